The molecule has 1 saturated heterocycles. The third-order valence-electron chi connectivity index (χ3n) is 2.96. The summed E-state index contributed by atoms with van der Waals surface area (Å²) in [7, 11) is 1.72. The molecule has 0 saturated carbocycles. The number of thiocarbonyl (C=S) groups is 1. The van der Waals surface area contributed by atoms with Gasteiger partial charge in [0.1, 0.15) is 4.32 Å². The van der Waals surface area contributed by atoms with Gasteiger partial charge in [-0.2, -0.15) is 0 Å². The predicted molar refractivity (Wildman–Crippen MR) is 72.5 cm³/mol. The molecule has 1 aliphatic rings. The predicted octanol–water partition coefficient (Wildman–Crippen LogP) is 2.89. The van der Waals surface area contributed by atoms with Gasteiger partial charge < -0.3 is 10.1 Å². The zero-order valence-corrected chi connectivity index (χ0v) is 11.2. The van der Waals surface area contributed by atoms with Crippen LogP contribution in [-0.4, -0.2) is 16.2 Å². The van der Waals surface area contributed by atoms with E-state index in [9.17, 15) is 0 Å². The second kappa shape index (κ2) is 4.02. The minimum absolute atomic E-state index is 0.125. The van der Waals surface area contributed by atoms with Crippen LogP contribution in [0.25, 0.3) is 0 Å². The van der Waals surface area contributed by atoms with Gasteiger partial charge in [0.15, 0.2) is 5.72 Å². The van der Waals surface area contributed by atoms with Gasteiger partial charge in [-0.05, 0) is 13.8 Å². The minimum Gasteiger partial charge on any atom is -0.353 e. The first kappa shape index (κ1) is 11.9. The Kier molecular flexibility index (Phi) is 2.99. The SMILES string of the molecule is COC1(c2ccccc2)NC(=S)SC1(C)C. The maximum atomic E-state index is 5.75. The molecule has 1 aliphatic heterocycles. The number of hydrogen-bond acceptors (Lipinski definition) is 3. The molecular formula is C12H15NOS2. The Morgan fingerprint density at radius 1 is 1.25 bits per heavy atom. The monoisotopic (exact) mass is 253 g/mol. The van der Waals surface area contributed by atoms with E-state index in [1.165, 1.54) is 0 Å². The molecule has 0 aromatic heterocycles. The van der Waals surface area contributed by atoms with Gasteiger partial charge in [-0.3, -0.25) is 0 Å². The molecule has 86 valence electrons. The number of methoxy groups -OCH3 is 1. The van der Waals surface area contributed by atoms with Crippen molar-refractivity contribution in [2.45, 2.75) is 24.3 Å². The number of nitrogens with one attached hydrogen (secondary N) is 1. The van der Waals surface area contributed by atoms with Crippen LogP contribution in [0.3, 0.4) is 0 Å². The van der Waals surface area contributed by atoms with Crippen molar-refractivity contribution in [2.24, 2.45) is 0 Å². The Labute approximate surface area is 106 Å². The summed E-state index contributed by atoms with van der Waals surface area (Å²) in [6.07, 6.45) is 0. The fraction of sp³-hybridized carbons (Fsp3) is 0.417. The van der Waals surface area contributed by atoms with E-state index in [0.29, 0.717) is 0 Å². The molecule has 2 nitrogen and oxygen atoms in total. The Bertz CT molecular complexity index is 405. The normalized spacial score (nSPS) is 27.8. The van der Waals surface area contributed by atoms with Crippen LogP contribution < -0.4 is 5.32 Å². The quantitative estimate of drug-likeness (QED) is 0.818. The van der Waals surface area contributed by atoms with Gasteiger partial charge in [0.25, 0.3) is 0 Å². The van der Waals surface area contributed by atoms with Gasteiger partial charge in [-0.25, -0.2) is 0 Å². The van der Waals surface area contributed by atoms with Crippen LogP contribution in [-0.2, 0) is 10.5 Å². The molecule has 1 aromatic rings. The second-order valence-electron chi connectivity index (χ2n) is 4.28. The Morgan fingerprint density at radius 3 is 2.31 bits per heavy atom. The van der Waals surface area contributed by atoms with Crippen molar-refractivity contribution < 1.29 is 4.74 Å². The van der Waals surface area contributed by atoms with E-state index in [2.05, 4.69) is 31.3 Å². The second-order valence-corrected chi connectivity index (χ2v) is 6.58. The highest BCUT2D eigenvalue weighted by Gasteiger charge is 2.53. The molecule has 16 heavy (non-hydrogen) atoms. The van der Waals surface area contributed by atoms with Gasteiger partial charge in [0, 0.05) is 12.7 Å². The fourth-order valence-corrected chi connectivity index (χ4v) is 3.95. The lowest BCUT2D eigenvalue weighted by Gasteiger charge is -2.38. The first-order valence-corrected chi connectivity index (χ1v) is 6.36. The van der Waals surface area contributed by atoms with E-state index >= 15 is 0 Å². The van der Waals surface area contributed by atoms with E-state index < -0.39 is 5.72 Å². The van der Waals surface area contributed by atoms with Crippen molar-refractivity contribution in [3.05, 3.63) is 35.9 Å². The maximum absolute atomic E-state index is 5.75. The Balaban J connectivity index is 2.52. The average molecular weight is 253 g/mol. The van der Waals surface area contributed by atoms with Crippen LogP contribution in [0.1, 0.15) is 19.4 Å². The van der Waals surface area contributed by atoms with Crippen molar-refractivity contribution in [3.8, 4) is 0 Å². The molecule has 1 heterocycles. The number of ether oxygens (including phenoxy) is 1. The van der Waals surface area contributed by atoms with E-state index in [1.807, 2.05) is 18.2 Å². The van der Waals surface area contributed by atoms with Crippen LogP contribution in [0.2, 0.25) is 0 Å². The van der Waals surface area contributed by atoms with Crippen molar-refractivity contribution >= 4 is 28.3 Å². The molecule has 2 rings (SSSR count). The summed E-state index contributed by atoms with van der Waals surface area (Å²) in [6, 6.07) is 10.2. The zero-order chi connectivity index (χ0) is 11.8. The van der Waals surface area contributed by atoms with E-state index in [4.69, 9.17) is 17.0 Å². The average Bonchev–Trinajstić information content (AvgIpc) is 2.49. The van der Waals surface area contributed by atoms with Crippen molar-refractivity contribution in [1.29, 1.82) is 0 Å². The van der Waals surface area contributed by atoms with E-state index in [-0.39, 0.29) is 4.75 Å². The number of rotatable bonds is 2. The minimum atomic E-state index is -0.532. The molecule has 0 aliphatic carbocycles. The highest BCUT2D eigenvalue weighted by Crippen LogP contribution is 2.48. The van der Waals surface area contributed by atoms with Crippen LogP contribution >= 0.6 is 24.0 Å². The third-order valence-corrected chi connectivity index (χ3v) is 4.40. The third kappa shape index (κ3) is 1.65. The molecule has 1 atom stereocenters. The molecule has 1 N–H and O–H groups in total. The van der Waals surface area contributed by atoms with Crippen LogP contribution in [0.15, 0.2) is 30.3 Å². The van der Waals surface area contributed by atoms with Crippen molar-refractivity contribution in [3.63, 3.8) is 0 Å². The van der Waals surface area contributed by atoms with Crippen LogP contribution in [0.5, 0.6) is 0 Å². The van der Waals surface area contributed by atoms with Gasteiger partial charge >= 0.3 is 0 Å². The van der Waals surface area contributed by atoms with E-state index in [1.54, 1.807) is 18.9 Å². The molecule has 4 heteroatoms. The Morgan fingerprint density at radius 2 is 1.88 bits per heavy atom. The maximum Gasteiger partial charge on any atom is 0.180 e. The molecule has 1 fully saturated rings. The van der Waals surface area contributed by atoms with E-state index in [0.717, 1.165) is 9.88 Å². The first-order valence-electron chi connectivity index (χ1n) is 5.14. The summed E-state index contributed by atoms with van der Waals surface area (Å²) >= 11 is 6.90. The summed E-state index contributed by atoms with van der Waals surface area (Å²) in [5, 5.41) is 3.30. The molecule has 0 spiro atoms. The van der Waals surface area contributed by atoms with Crippen LogP contribution in [0.4, 0.5) is 0 Å². The lowest BCUT2D eigenvalue weighted by atomic mass is 9.90. The summed E-state index contributed by atoms with van der Waals surface area (Å²) in [4.78, 5) is 0. The van der Waals surface area contributed by atoms with Crippen molar-refractivity contribution in [2.75, 3.05) is 7.11 Å². The largest absolute Gasteiger partial charge is 0.353 e. The van der Waals surface area contributed by atoms with Gasteiger partial charge in [0.05, 0.1) is 4.75 Å². The summed E-state index contributed by atoms with van der Waals surface area (Å²) < 4.78 is 6.41. The van der Waals surface area contributed by atoms with Crippen molar-refractivity contribution in [1.82, 2.24) is 5.32 Å². The Hall–Kier alpha value is -0.580. The summed E-state index contributed by atoms with van der Waals surface area (Å²) in [6.45, 7) is 4.28. The number of thioether (sulfide) groups is 1. The first-order chi connectivity index (χ1) is 7.52. The zero-order valence-electron chi connectivity index (χ0n) is 9.61. The lowest BCUT2D eigenvalue weighted by molar-refractivity contribution is -0.0478. The molecule has 1 unspecified atom stereocenters. The smallest absolute Gasteiger partial charge is 0.180 e. The number of hydrogen-bond donors (Lipinski definition) is 1. The highest BCUT2D eigenvalue weighted by atomic mass is 32.2. The highest BCUT2D eigenvalue weighted by molar-refractivity contribution is 8.24. The van der Waals surface area contributed by atoms with Gasteiger partial charge in [-0.1, -0.05) is 54.3 Å². The molecule has 0 amide bonds. The molecule has 1 aromatic carbocycles. The lowest BCUT2D eigenvalue weighted by Crippen LogP contribution is -2.51. The fourth-order valence-electron chi connectivity index (χ4n) is 2.13. The molecule has 0 bridgehead atoms. The summed E-state index contributed by atoms with van der Waals surface area (Å²) in [5.74, 6) is 0. The van der Waals surface area contributed by atoms with Crippen LogP contribution in [0, 0.1) is 0 Å². The standard InChI is InChI=1S/C12H15NOS2/c1-11(2)12(14-3,13-10(15)16-11)9-7-5-4-6-8-9/h4-8H,1-3H3,(H,13,15). The number of benzene rings is 1. The molecule has 0 radical (unpaired) electrons. The summed E-state index contributed by atoms with van der Waals surface area (Å²) in [5.41, 5.74) is 0.575. The molecular weight excluding hydrogens is 238 g/mol. The topological polar surface area (TPSA) is 21.3 Å². The van der Waals surface area contributed by atoms with Gasteiger partial charge in [0.2, 0.25) is 0 Å². The van der Waals surface area contributed by atoms with Gasteiger partial charge in [-0.15, -0.1) is 0 Å².